The monoisotopic (exact) mass is 489 g/mol. The van der Waals surface area contributed by atoms with Crippen molar-refractivity contribution in [2.75, 3.05) is 18.6 Å². The highest BCUT2D eigenvalue weighted by atomic mass is 79.9. The van der Waals surface area contributed by atoms with Gasteiger partial charge in [0.05, 0.1) is 28.8 Å². The third-order valence-electron chi connectivity index (χ3n) is 4.27. The van der Waals surface area contributed by atoms with Crippen LogP contribution in [-0.4, -0.2) is 36.5 Å². The lowest BCUT2D eigenvalue weighted by molar-refractivity contribution is -0.384. The normalized spacial score (nSPS) is 15.1. The van der Waals surface area contributed by atoms with Crippen LogP contribution in [0, 0.1) is 10.1 Å². The van der Waals surface area contributed by atoms with Crippen molar-refractivity contribution in [1.29, 1.82) is 0 Å². The number of anilines is 1. The van der Waals surface area contributed by atoms with Crippen LogP contribution < -0.4 is 19.7 Å². The molecule has 160 valence electrons. The average molecular weight is 490 g/mol. The zero-order valence-electron chi connectivity index (χ0n) is 16.4. The number of carbonyl (C=O) groups is 3. The lowest BCUT2D eigenvalue weighted by Gasteiger charge is -2.26. The Hall–Kier alpha value is -3.73. The van der Waals surface area contributed by atoms with Gasteiger partial charge in [0, 0.05) is 12.1 Å². The van der Waals surface area contributed by atoms with E-state index < -0.39 is 22.8 Å². The molecule has 1 heterocycles. The number of barbiturate groups is 1. The van der Waals surface area contributed by atoms with Gasteiger partial charge in [-0.05, 0) is 58.8 Å². The minimum atomic E-state index is -0.952. The number of nitrogens with one attached hydrogen (secondary N) is 1. The number of benzene rings is 2. The van der Waals surface area contributed by atoms with E-state index in [0.29, 0.717) is 28.1 Å². The zero-order valence-corrected chi connectivity index (χ0v) is 18.0. The molecule has 0 bridgehead atoms. The van der Waals surface area contributed by atoms with Crippen LogP contribution >= 0.6 is 15.9 Å². The lowest BCUT2D eigenvalue weighted by atomic mass is 10.1. The smallest absolute Gasteiger partial charge is 0.335 e. The van der Waals surface area contributed by atoms with Crippen LogP contribution in [0.2, 0.25) is 0 Å². The molecular formula is C20H16BrN3O7. The molecule has 1 fully saturated rings. The van der Waals surface area contributed by atoms with Crippen LogP contribution in [0.15, 0.2) is 46.4 Å². The third-order valence-corrected chi connectivity index (χ3v) is 4.86. The fourth-order valence-corrected chi connectivity index (χ4v) is 3.46. The topological polar surface area (TPSA) is 128 Å². The van der Waals surface area contributed by atoms with E-state index in [1.807, 2.05) is 6.92 Å². The number of ether oxygens (including phenoxy) is 2. The van der Waals surface area contributed by atoms with Gasteiger partial charge in [-0.15, -0.1) is 0 Å². The van der Waals surface area contributed by atoms with Crippen LogP contribution in [-0.2, 0) is 9.59 Å². The van der Waals surface area contributed by atoms with Crippen molar-refractivity contribution in [3.8, 4) is 11.5 Å². The minimum absolute atomic E-state index is 0.0805. The van der Waals surface area contributed by atoms with Crippen molar-refractivity contribution in [1.82, 2.24) is 5.32 Å². The summed E-state index contributed by atoms with van der Waals surface area (Å²) >= 11 is 3.37. The molecule has 1 aliphatic rings. The van der Waals surface area contributed by atoms with Gasteiger partial charge < -0.3 is 9.47 Å². The summed E-state index contributed by atoms with van der Waals surface area (Å²) in [4.78, 5) is 48.5. The number of amides is 4. The van der Waals surface area contributed by atoms with Crippen LogP contribution in [0.4, 0.5) is 16.2 Å². The fraction of sp³-hybridized carbons (Fsp3) is 0.150. The predicted molar refractivity (Wildman–Crippen MR) is 114 cm³/mol. The van der Waals surface area contributed by atoms with E-state index in [2.05, 4.69) is 21.2 Å². The summed E-state index contributed by atoms with van der Waals surface area (Å²) in [5, 5.41) is 12.9. The molecule has 0 aromatic heterocycles. The van der Waals surface area contributed by atoms with Crippen molar-refractivity contribution in [3.63, 3.8) is 0 Å². The van der Waals surface area contributed by atoms with Gasteiger partial charge in [0.2, 0.25) is 0 Å². The van der Waals surface area contributed by atoms with E-state index >= 15 is 0 Å². The number of nitro groups is 1. The third kappa shape index (κ3) is 4.40. The number of carbonyl (C=O) groups excluding carboxylic acids is 3. The summed E-state index contributed by atoms with van der Waals surface area (Å²) in [5.74, 6) is -0.881. The molecule has 0 radical (unpaired) electrons. The number of nitro benzene ring substituents is 1. The maximum Gasteiger partial charge on any atom is 0.335 e. The zero-order chi connectivity index (χ0) is 22.7. The fourth-order valence-electron chi connectivity index (χ4n) is 2.89. The van der Waals surface area contributed by atoms with Crippen LogP contribution in [0.5, 0.6) is 11.5 Å². The van der Waals surface area contributed by atoms with Crippen molar-refractivity contribution in [3.05, 3.63) is 62.1 Å². The number of hydrogen-bond donors (Lipinski definition) is 1. The highest BCUT2D eigenvalue weighted by Gasteiger charge is 2.37. The molecule has 4 amide bonds. The number of non-ortho nitro benzene ring substituents is 1. The van der Waals surface area contributed by atoms with E-state index in [1.54, 1.807) is 12.1 Å². The maximum atomic E-state index is 13.0. The van der Waals surface area contributed by atoms with Crippen molar-refractivity contribution in [2.45, 2.75) is 6.92 Å². The number of nitrogens with zero attached hydrogens (tertiary/aromatic N) is 2. The molecule has 1 aliphatic heterocycles. The molecule has 0 saturated carbocycles. The Balaban J connectivity index is 2.01. The molecule has 3 rings (SSSR count). The average Bonchev–Trinajstić information content (AvgIpc) is 2.73. The summed E-state index contributed by atoms with van der Waals surface area (Å²) in [6, 6.07) is 7.07. The number of imide groups is 2. The molecule has 1 N–H and O–H groups in total. The van der Waals surface area contributed by atoms with Crippen molar-refractivity contribution in [2.24, 2.45) is 0 Å². The molecule has 11 heteroatoms. The predicted octanol–water partition coefficient (Wildman–Crippen LogP) is 3.43. The van der Waals surface area contributed by atoms with E-state index in [9.17, 15) is 24.5 Å². The SMILES string of the molecule is CCOc1c(Br)cc(/C=C2\C(=O)NC(=O)N(c3ccc([N+](=O)[O-])cc3)C2=O)cc1OC. The molecule has 2 aromatic rings. The molecular weight excluding hydrogens is 474 g/mol. The van der Waals surface area contributed by atoms with E-state index in [4.69, 9.17) is 9.47 Å². The number of halogens is 1. The summed E-state index contributed by atoms with van der Waals surface area (Å²) in [6.45, 7) is 2.22. The summed E-state index contributed by atoms with van der Waals surface area (Å²) in [7, 11) is 1.45. The highest BCUT2D eigenvalue weighted by Crippen LogP contribution is 2.37. The molecule has 0 unspecified atom stereocenters. The number of urea groups is 1. The number of rotatable bonds is 6. The van der Waals surface area contributed by atoms with Crippen molar-refractivity contribution >= 4 is 51.2 Å². The Kier molecular flexibility index (Phi) is 6.35. The van der Waals surface area contributed by atoms with Gasteiger partial charge in [0.1, 0.15) is 5.57 Å². The second kappa shape index (κ2) is 8.96. The second-order valence-corrected chi connectivity index (χ2v) is 7.05. The molecule has 10 nitrogen and oxygen atoms in total. The molecule has 31 heavy (non-hydrogen) atoms. The first-order chi connectivity index (χ1) is 14.8. The number of methoxy groups -OCH3 is 1. The Morgan fingerprint density at radius 3 is 2.45 bits per heavy atom. The Morgan fingerprint density at radius 1 is 1.19 bits per heavy atom. The van der Waals surface area contributed by atoms with Gasteiger partial charge in [0.25, 0.3) is 17.5 Å². The Bertz CT molecular complexity index is 1110. The number of hydrogen-bond acceptors (Lipinski definition) is 7. The second-order valence-electron chi connectivity index (χ2n) is 6.20. The molecule has 0 aliphatic carbocycles. The molecule has 0 atom stereocenters. The van der Waals surface area contributed by atoms with Gasteiger partial charge in [-0.1, -0.05) is 0 Å². The van der Waals surface area contributed by atoms with Crippen molar-refractivity contribution < 1.29 is 28.8 Å². The lowest BCUT2D eigenvalue weighted by Crippen LogP contribution is -2.54. The molecule has 1 saturated heterocycles. The summed E-state index contributed by atoms with van der Waals surface area (Å²) < 4.78 is 11.4. The highest BCUT2D eigenvalue weighted by molar-refractivity contribution is 9.10. The van der Waals surface area contributed by atoms with Gasteiger partial charge in [0.15, 0.2) is 11.5 Å². The molecule has 0 spiro atoms. The first kappa shape index (κ1) is 22.0. The van der Waals surface area contributed by atoms with Crippen LogP contribution in [0.3, 0.4) is 0 Å². The van der Waals surface area contributed by atoms with Gasteiger partial charge in [-0.25, -0.2) is 9.69 Å². The van der Waals surface area contributed by atoms with E-state index in [0.717, 1.165) is 17.0 Å². The molecule has 2 aromatic carbocycles. The maximum absolute atomic E-state index is 13.0. The minimum Gasteiger partial charge on any atom is -0.493 e. The van der Waals surface area contributed by atoms with E-state index in [-0.39, 0.29) is 16.9 Å². The quantitative estimate of drug-likeness (QED) is 0.284. The first-order valence-corrected chi connectivity index (χ1v) is 9.72. The summed E-state index contributed by atoms with van der Waals surface area (Å²) in [6.07, 6.45) is 1.31. The largest absolute Gasteiger partial charge is 0.493 e. The van der Waals surface area contributed by atoms with Gasteiger partial charge >= 0.3 is 6.03 Å². The Labute approximate surface area is 184 Å². The summed E-state index contributed by atoms with van der Waals surface area (Å²) in [5.41, 5.74) is 0.0310. The van der Waals surface area contributed by atoms with Crippen LogP contribution in [0.25, 0.3) is 6.08 Å². The first-order valence-electron chi connectivity index (χ1n) is 8.93. The van der Waals surface area contributed by atoms with Gasteiger partial charge in [-0.2, -0.15) is 0 Å². The standard InChI is InChI=1S/C20H16BrN3O7/c1-3-31-17-15(21)9-11(10-16(17)30-2)8-14-18(25)22-20(27)23(19(14)26)12-4-6-13(7-5-12)24(28)29/h4-10H,3H2,1-2H3,(H,22,25,27)/b14-8+. The van der Waals surface area contributed by atoms with Crippen LogP contribution in [0.1, 0.15) is 12.5 Å². The van der Waals surface area contributed by atoms with E-state index in [1.165, 1.54) is 25.3 Å². The van der Waals surface area contributed by atoms with Gasteiger partial charge in [-0.3, -0.25) is 25.0 Å². The Morgan fingerprint density at radius 2 is 1.87 bits per heavy atom.